The number of benzene rings is 1. The van der Waals surface area contributed by atoms with Gasteiger partial charge in [0.25, 0.3) is 10.0 Å². The molecule has 0 aliphatic heterocycles. The molecule has 0 saturated heterocycles. The van der Waals surface area contributed by atoms with Crippen LogP contribution >= 0.6 is 0 Å². The molecule has 0 bridgehead atoms. The Balaban J connectivity index is 2.02. The van der Waals surface area contributed by atoms with Gasteiger partial charge in [-0.05, 0) is 48.9 Å². The number of carbonyl (C=O) groups is 1. The van der Waals surface area contributed by atoms with Crippen LogP contribution in [0.4, 0.5) is 5.69 Å². The van der Waals surface area contributed by atoms with Crippen molar-refractivity contribution in [2.24, 2.45) is 7.05 Å². The summed E-state index contributed by atoms with van der Waals surface area (Å²) in [6.07, 6.45) is 4.25. The number of aryl methyl sites for hydroxylation is 2. The molecular weight excluding hydrogens is 446 g/mol. The first-order valence-corrected chi connectivity index (χ1v) is 11.3. The summed E-state index contributed by atoms with van der Waals surface area (Å²) in [5.74, 6) is -0.803. The van der Waals surface area contributed by atoms with Crippen molar-refractivity contribution < 1.29 is 23.1 Å². The minimum atomic E-state index is -4.20. The number of hydrogen-bond acceptors (Lipinski definition) is 7. The third-order valence-electron chi connectivity index (χ3n) is 5.20. The number of aromatic carboxylic acids is 1. The lowest BCUT2D eigenvalue weighted by Crippen LogP contribution is -2.32. The molecule has 1 N–H and O–H groups in total. The summed E-state index contributed by atoms with van der Waals surface area (Å²) in [6, 6.07) is 9.25. The van der Waals surface area contributed by atoms with E-state index in [-0.39, 0.29) is 22.7 Å². The maximum Gasteiger partial charge on any atom is 0.339 e. The number of pyridine rings is 2. The molecule has 0 saturated carbocycles. The van der Waals surface area contributed by atoms with E-state index in [0.717, 1.165) is 10.5 Å². The summed E-state index contributed by atoms with van der Waals surface area (Å²) >= 11 is 0. The van der Waals surface area contributed by atoms with Crippen LogP contribution < -0.4 is 9.04 Å². The minimum Gasteiger partial charge on any atom is -0.497 e. The standard InChI is InChI=1S/C22H21N5O5S/c1-14-19-20(18(22(28)29)12-24-21(19)26(2)25-14)27(13-15-8-10-23-11-9-15)33(30,31)17-6-4-16(32-3)5-7-17/h4-12H,13H2,1-3H3,(H,28,29). The number of carboxylic acids is 1. The minimum absolute atomic E-state index is 0.00531. The van der Waals surface area contributed by atoms with Gasteiger partial charge in [0.1, 0.15) is 11.3 Å². The van der Waals surface area contributed by atoms with E-state index in [0.29, 0.717) is 28.0 Å². The molecule has 1 aromatic carbocycles. The van der Waals surface area contributed by atoms with Gasteiger partial charge in [0.2, 0.25) is 0 Å². The van der Waals surface area contributed by atoms with Crippen LogP contribution in [0.5, 0.6) is 5.75 Å². The predicted octanol–water partition coefficient (Wildman–Crippen LogP) is 2.77. The molecule has 4 rings (SSSR count). The van der Waals surface area contributed by atoms with Gasteiger partial charge in [-0.15, -0.1) is 0 Å². The number of hydrogen-bond donors (Lipinski definition) is 1. The van der Waals surface area contributed by atoms with Crippen molar-refractivity contribution in [2.75, 3.05) is 11.4 Å². The van der Waals surface area contributed by atoms with Crippen molar-refractivity contribution in [3.63, 3.8) is 0 Å². The Morgan fingerprint density at radius 2 is 1.82 bits per heavy atom. The zero-order valence-electron chi connectivity index (χ0n) is 18.1. The lowest BCUT2D eigenvalue weighted by Gasteiger charge is -2.27. The summed E-state index contributed by atoms with van der Waals surface area (Å²) < 4.78 is 35.5. The van der Waals surface area contributed by atoms with E-state index < -0.39 is 16.0 Å². The third kappa shape index (κ3) is 3.98. The maximum atomic E-state index is 13.9. The number of nitrogens with zero attached hydrogens (tertiary/aromatic N) is 5. The topological polar surface area (TPSA) is 128 Å². The second-order valence-electron chi connectivity index (χ2n) is 7.28. The van der Waals surface area contributed by atoms with Crippen LogP contribution in [-0.4, -0.2) is 46.4 Å². The van der Waals surface area contributed by atoms with Gasteiger partial charge in [0.05, 0.1) is 35.3 Å². The van der Waals surface area contributed by atoms with Gasteiger partial charge in [-0.1, -0.05) is 0 Å². The molecule has 0 radical (unpaired) electrons. The fourth-order valence-corrected chi connectivity index (χ4v) is 5.11. The van der Waals surface area contributed by atoms with Gasteiger partial charge in [-0.25, -0.2) is 18.2 Å². The number of aromatic nitrogens is 4. The van der Waals surface area contributed by atoms with E-state index in [2.05, 4.69) is 15.1 Å². The molecule has 4 aromatic rings. The zero-order chi connectivity index (χ0) is 23.8. The summed E-state index contributed by atoms with van der Waals surface area (Å²) in [4.78, 5) is 20.4. The normalized spacial score (nSPS) is 11.5. The highest BCUT2D eigenvalue weighted by atomic mass is 32.2. The highest BCUT2D eigenvalue weighted by Crippen LogP contribution is 2.36. The Morgan fingerprint density at radius 1 is 1.15 bits per heavy atom. The quantitative estimate of drug-likeness (QED) is 0.439. The molecule has 11 heteroatoms. The molecule has 0 amide bonds. The first-order chi connectivity index (χ1) is 15.7. The van der Waals surface area contributed by atoms with Crippen LogP contribution in [0.15, 0.2) is 59.9 Å². The van der Waals surface area contributed by atoms with E-state index in [1.165, 1.54) is 36.1 Å². The molecule has 0 spiro atoms. The predicted molar refractivity (Wildman–Crippen MR) is 121 cm³/mol. The molecule has 0 aliphatic rings. The van der Waals surface area contributed by atoms with Crippen LogP contribution in [0.3, 0.4) is 0 Å². The van der Waals surface area contributed by atoms with Crippen molar-refractivity contribution in [3.05, 3.63) is 71.8 Å². The SMILES string of the molecule is COc1ccc(S(=O)(=O)N(Cc2ccncc2)c2c(C(=O)O)cnc3c2c(C)nn3C)cc1. The number of carboxylic acid groups (broad SMARTS) is 1. The smallest absolute Gasteiger partial charge is 0.339 e. The van der Waals surface area contributed by atoms with Crippen molar-refractivity contribution in [1.29, 1.82) is 0 Å². The van der Waals surface area contributed by atoms with Crippen molar-refractivity contribution >= 4 is 32.7 Å². The summed E-state index contributed by atoms with van der Waals surface area (Å²) in [6.45, 7) is 1.56. The Bertz CT molecular complexity index is 1430. The molecule has 0 unspecified atom stereocenters. The average Bonchev–Trinajstić information content (AvgIpc) is 3.11. The number of sulfonamides is 1. The third-order valence-corrected chi connectivity index (χ3v) is 6.96. The highest BCUT2D eigenvalue weighted by molar-refractivity contribution is 7.92. The fraction of sp³-hybridized carbons (Fsp3) is 0.182. The Hall–Kier alpha value is -3.99. The Morgan fingerprint density at radius 3 is 2.42 bits per heavy atom. The molecular formula is C22H21N5O5S. The molecule has 0 fully saturated rings. The second-order valence-corrected chi connectivity index (χ2v) is 9.14. The molecule has 0 atom stereocenters. The Kier molecular flexibility index (Phi) is 5.73. The maximum absolute atomic E-state index is 13.9. The molecule has 3 heterocycles. The van der Waals surface area contributed by atoms with Crippen molar-refractivity contribution in [2.45, 2.75) is 18.4 Å². The van der Waals surface area contributed by atoms with Crippen molar-refractivity contribution in [1.82, 2.24) is 19.7 Å². The lowest BCUT2D eigenvalue weighted by molar-refractivity contribution is 0.0697. The van der Waals surface area contributed by atoms with E-state index in [4.69, 9.17) is 4.74 Å². The van der Waals surface area contributed by atoms with E-state index in [1.54, 1.807) is 38.5 Å². The van der Waals surface area contributed by atoms with Crippen molar-refractivity contribution in [3.8, 4) is 5.75 Å². The first kappa shape index (κ1) is 22.2. The molecule has 0 aliphatic carbocycles. The number of fused-ring (bicyclic) bond motifs is 1. The molecule has 3 aromatic heterocycles. The highest BCUT2D eigenvalue weighted by Gasteiger charge is 2.32. The summed E-state index contributed by atoms with van der Waals surface area (Å²) in [5, 5.41) is 14.6. The number of ether oxygens (including phenoxy) is 1. The van der Waals surface area contributed by atoms with Crippen LogP contribution in [-0.2, 0) is 23.6 Å². The summed E-state index contributed by atoms with van der Waals surface area (Å²) in [5.41, 5.74) is 1.22. The first-order valence-electron chi connectivity index (χ1n) is 9.85. The zero-order valence-corrected chi connectivity index (χ0v) is 18.9. The molecule has 10 nitrogen and oxygen atoms in total. The number of anilines is 1. The number of rotatable bonds is 7. The lowest BCUT2D eigenvalue weighted by atomic mass is 10.1. The van der Waals surface area contributed by atoms with Gasteiger partial charge in [-0.2, -0.15) is 5.10 Å². The van der Waals surface area contributed by atoms with Gasteiger partial charge in [0.15, 0.2) is 5.65 Å². The van der Waals surface area contributed by atoms with Crippen LogP contribution in [0.2, 0.25) is 0 Å². The van der Waals surface area contributed by atoms with Gasteiger partial charge in [-0.3, -0.25) is 14.0 Å². The Labute approximate surface area is 190 Å². The largest absolute Gasteiger partial charge is 0.497 e. The van der Waals surface area contributed by atoms with Gasteiger partial charge < -0.3 is 9.84 Å². The average molecular weight is 468 g/mol. The monoisotopic (exact) mass is 467 g/mol. The van der Waals surface area contributed by atoms with Crippen LogP contribution in [0.25, 0.3) is 11.0 Å². The summed E-state index contributed by atoms with van der Waals surface area (Å²) in [7, 11) is -1.06. The van der Waals surface area contributed by atoms with Gasteiger partial charge >= 0.3 is 5.97 Å². The molecule has 170 valence electrons. The number of methoxy groups -OCH3 is 1. The van der Waals surface area contributed by atoms with E-state index in [9.17, 15) is 18.3 Å². The fourth-order valence-electron chi connectivity index (χ4n) is 3.62. The van der Waals surface area contributed by atoms with Crippen LogP contribution in [0, 0.1) is 6.92 Å². The molecule has 33 heavy (non-hydrogen) atoms. The van der Waals surface area contributed by atoms with Crippen LogP contribution in [0.1, 0.15) is 21.6 Å². The van der Waals surface area contributed by atoms with E-state index >= 15 is 0 Å². The van der Waals surface area contributed by atoms with E-state index in [1.807, 2.05) is 0 Å². The second kappa shape index (κ2) is 8.51. The van der Waals surface area contributed by atoms with Gasteiger partial charge in [0, 0.05) is 25.6 Å².